The molecular formula is C17H15ClF3NO2. The molecule has 7 heteroatoms. The third-order valence-electron chi connectivity index (χ3n) is 3.28. The molecule has 0 spiro atoms. The Hall–Kier alpha value is -2.21. The van der Waals surface area contributed by atoms with Gasteiger partial charge in [0, 0.05) is 5.02 Å². The first kappa shape index (κ1) is 18.1. The molecule has 24 heavy (non-hydrogen) atoms. The number of ether oxygens (including phenoxy) is 1. The zero-order chi connectivity index (χ0) is 17.7. The van der Waals surface area contributed by atoms with Crippen molar-refractivity contribution in [3.8, 4) is 5.75 Å². The summed E-state index contributed by atoms with van der Waals surface area (Å²) in [5.74, 6) is -0.481. The molecule has 0 fully saturated rings. The van der Waals surface area contributed by atoms with Gasteiger partial charge in [-0.2, -0.15) is 13.2 Å². The van der Waals surface area contributed by atoms with Crippen molar-refractivity contribution in [2.24, 2.45) is 0 Å². The Morgan fingerprint density at radius 3 is 2.58 bits per heavy atom. The number of amides is 1. The first-order chi connectivity index (χ1) is 11.3. The van der Waals surface area contributed by atoms with E-state index in [4.69, 9.17) is 16.3 Å². The highest BCUT2D eigenvalue weighted by molar-refractivity contribution is 6.31. The molecule has 1 amide bonds. The molecule has 0 aliphatic carbocycles. The van der Waals surface area contributed by atoms with Gasteiger partial charge in [0.25, 0.3) is 5.91 Å². The van der Waals surface area contributed by atoms with E-state index in [9.17, 15) is 18.0 Å². The summed E-state index contributed by atoms with van der Waals surface area (Å²) in [4.78, 5) is 11.9. The first-order valence-corrected chi connectivity index (χ1v) is 7.49. The van der Waals surface area contributed by atoms with Crippen LogP contribution in [0.15, 0.2) is 48.5 Å². The van der Waals surface area contributed by atoms with Crippen LogP contribution in [0, 0.1) is 0 Å². The van der Waals surface area contributed by atoms with Gasteiger partial charge in [-0.25, -0.2) is 0 Å². The maximum atomic E-state index is 12.6. The van der Waals surface area contributed by atoms with Crippen molar-refractivity contribution in [2.45, 2.75) is 19.1 Å². The van der Waals surface area contributed by atoms with Gasteiger partial charge in [-0.15, -0.1) is 0 Å². The molecule has 1 N–H and O–H groups in total. The zero-order valence-corrected chi connectivity index (χ0v) is 13.5. The van der Waals surface area contributed by atoms with Gasteiger partial charge in [-0.3, -0.25) is 4.79 Å². The Morgan fingerprint density at radius 1 is 1.21 bits per heavy atom. The number of carbonyl (C=O) groups is 1. The molecule has 0 radical (unpaired) electrons. The molecule has 2 aromatic rings. The highest BCUT2D eigenvalue weighted by Gasteiger charge is 2.30. The minimum Gasteiger partial charge on any atom is -0.484 e. The number of halogens is 4. The van der Waals surface area contributed by atoms with Gasteiger partial charge < -0.3 is 10.1 Å². The van der Waals surface area contributed by atoms with E-state index < -0.39 is 24.3 Å². The minimum absolute atomic E-state index is 0.0228. The molecule has 3 nitrogen and oxygen atoms in total. The van der Waals surface area contributed by atoms with Crippen molar-refractivity contribution < 1.29 is 22.7 Å². The predicted octanol–water partition coefficient (Wildman–Crippen LogP) is 4.62. The van der Waals surface area contributed by atoms with Crippen LogP contribution in [0.3, 0.4) is 0 Å². The van der Waals surface area contributed by atoms with Gasteiger partial charge in [0.2, 0.25) is 0 Å². The second kappa shape index (κ2) is 7.57. The molecule has 128 valence electrons. The largest absolute Gasteiger partial charge is 0.484 e. The fraction of sp³-hybridized carbons (Fsp3) is 0.235. The number of hydrogen-bond acceptors (Lipinski definition) is 2. The van der Waals surface area contributed by atoms with Crippen LogP contribution in [0.2, 0.25) is 5.02 Å². The van der Waals surface area contributed by atoms with Gasteiger partial charge in [0.1, 0.15) is 5.75 Å². The van der Waals surface area contributed by atoms with E-state index >= 15 is 0 Å². The molecule has 0 saturated heterocycles. The van der Waals surface area contributed by atoms with E-state index in [0.29, 0.717) is 5.02 Å². The van der Waals surface area contributed by atoms with Crippen LogP contribution in [-0.4, -0.2) is 12.5 Å². The highest BCUT2D eigenvalue weighted by atomic mass is 35.5. The molecule has 2 rings (SSSR count). The van der Waals surface area contributed by atoms with Gasteiger partial charge in [0.15, 0.2) is 6.61 Å². The lowest BCUT2D eigenvalue weighted by atomic mass is 10.1. The first-order valence-electron chi connectivity index (χ1n) is 7.11. The van der Waals surface area contributed by atoms with Crippen molar-refractivity contribution in [3.63, 3.8) is 0 Å². The number of alkyl halides is 3. The molecule has 0 aliphatic heterocycles. The van der Waals surface area contributed by atoms with E-state index in [1.807, 2.05) is 0 Å². The minimum atomic E-state index is -4.46. The van der Waals surface area contributed by atoms with Crippen LogP contribution >= 0.6 is 11.6 Å². The Balaban J connectivity index is 1.93. The van der Waals surface area contributed by atoms with E-state index in [-0.39, 0.29) is 11.8 Å². The smallest absolute Gasteiger partial charge is 0.416 e. The van der Waals surface area contributed by atoms with Crippen LogP contribution in [0.5, 0.6) is 5.75 Å². The quantitative estimate of drug-likeness (QED) is 0.848. The fourth-order valence-corrected chi connectivity index (χ4v) is 2.40. The SMILES string of the molecule is CC(NC(=O)COc1cccc(C(F)(F)F)c1)c1ccccc1Cl. The van der Waals surface area contributed by atoms with Crippen molar-refractivity contribution >= 4 is 17.5 Å². The second-order valence-electron chi connectivity index (χ2n) is 5.12. The van der Waals surface area contributed by atoms with E-state index in [0.717, 1.165) is 17.7 Å². The normalized spacial score (nSPS) is 12.5. The fourth-order valence-electron chi connectivity index (χ4n) is 2.10. The Kier molecular flexibility index (Phi) is 5.72. The third kappa shape index (κ3) is 4.89. The predicted molar refractivity (Wildman–Crippen MR) is 84.9 cm³/mol. The summed E-state index contributed by atoms with van der Waals surface area (Å²) in [7, 11) is 0. The molecule has 1 unspecified atom stereocenters. The van der Waals surface area contributed by atoms with Gasteiger partial charge in [-0.1, -0.05) is 35.9 Å². The topological polar surface area (TPSA) is 38.3 Å². The third-order valence-corrected chi connectivity index (χ3v) is 3.62. The number of carbonyl (C=O) groups excluding carboxylic acids is 1. The second-order valence-corrected chi connectivity index (χ2v) is 5.53. The monoisotopic (exact) mass is 357 g/mol. The summed E-state index contributed by atoms with van der Waals surface area (Å²) >= 11 is 6.05. The van der Waals surface area contributed by atoms with E-state index in [1.165, 1.54) is 12.1 Å². The lowest BCUT2D eigenvalue weighted by molar-refractivity contribution is -0.137. The summed E-state index contributed by atoms with van der Waals surface area (Å²) in [6, 6.07) is 11.1. The maximum absolute atomic E-state index is 12.6. The molecular weight excluding hydrogens is 343 g/mol. The molecule has 0 saturated carbocycles. The van der Waals surface area contributed by atoms with Crippen LogP contribution in [0.25, 0.3) is 0 Å². The average Bonchev–Trinajstić information content (AvgIpc) is 2.53. The summed E-state index contributed by atoms with van der Waals surface area (Å²) in [6.45, 7) is 1.36. The van der Waals surface area contributed by atoms with Crippen molar-refractivity contribution in [1.29, 1.82) is 0 Å². The lowest BCUT2D eigenvalue weighted by Gasteiger charge is -2.16. The van der Waals surface area contributed by atoms with Crippen LogP contribution in [-0.2, 0) is 11.0 Å². The lowest BCUT2D eigenvalue weighted by Crippen LogP contribution is -2.31. The standard InChI is InChI=1S/C17H15ClF3NO2/c1-11(14-7-2-3-8-15(14)18)22-16(23)10-24-13-6-4-5-12(9-13)17(19,20)21/h2-9,11H,10H2,1H3,(H,22,23). The zero-order valence-electron chi connectivity index (χ0n) is 12.7. The molecule has 0 bridgehead atoms. The average molecular weight is 358 g/mol. The van der Waals surface area contributed by atoms with Crippen LogP contribution in [0.4, 0.5) is 13.2 Å². The van der Waals surface area contributed by atoms with E-state index in [1.54, 1.807) is 31.2 Å². The molecule has 1 atom stereocenters. The summed E-state index contributed by atoms with van der Waals surface area (Å²) in [6.07, 6.45) is -4.46. The summed E-state index contributed by atoms with van der Waals surface area (Å²) in [5.41, 5.74) is -0.0866. The van der Waals surface area contributed by atoms with Crippen molar-refractivity contribution in [2.75, 3.05) is 6.61 Å². The molecule has 2 aromatic carbocycles. The van der Waals surface area contributed by atoms with Crippen LogP contribution < -0.4 is 10.1 Å². The van der Waals surface area contributed by atoms with Crippen LogP contribution in [0.1, 0.15) is 24.1 Å². The maximum Gasteiger partial charge on any atom is 0.416 e. The number of nitrogens with one attached hydrogen (secondary N) is 1. The van der Waals surface area contributed by atoms with Crippen molar-refractivity contribution in [1.82, 2.24) is 5.32 Å². The van der Waals surface area contributed by atoms with E-state index in [2.05, 4.69) is 5.32 Å². The Bertz CT molecular complexity index is 719. The number of benzene rings is 2. The number of rotatable bonds is 5. The molecule has 0 heterocycles. The molecule has 0 aromatic heterocycles. The Morgan fingerprint density at radius 2 is 1.92 bits per heavy atom. The highest BCUT2D eigenvalue weighted by Crippen LogP contribution is 2.31. The Labute approximate surface area is 142 Å². The molecule has 0 aliphatic rings. The summed E-state index contributed by atoms with van der Waals surface area (Å²) < 4.78 is 43.0. The van der Waals surface area contributed by atoms with Crippen molar-refractivity contribution in [3.05, 3.63) is 64.7 Å². The summed E-state index contributed by atoms with van der Waals surface area (Å²) in [5, 5.41) is 3.20. The number of hydrogen-bond donors (Lipinski definition) is 1. The van der Waals surface area contributed by atoms with Gasteiger partial charge in [0.05, 0.1) is 11.6 Å². The van der Waals surface area contributed by atoms with Gasteiger partial charge >= 0.3 is 6.18 Å². The van der Waals surface area contributed by atoms with Gasteiger partial charge in [-0.05, 0) is 36.8 Å².